The lowest BCUT2D eigenvalue weighted by Gasteiger charge is -2.21. The summed E-state index contributed by atoms with van der Waals surface area (Å²) in [6, 6.07) is 9.01. The fourth-order valence-corrected chi connectivity index (χ4v) is 3.20. The Hall–Kier alpha value is -2.18. The number of pyridine rings is 2. The van der Waals surface area contributed by atoms with E-state index in [4.69, 9.17) is 16.3 Å². The third-order valence-corrected chi connectivity index (χ3v) is 4.71. The molecule has 25 heavy (non-hydrogen) atoms. The van der Waals surface area contributed by atoms with Gasteiger partial charge in [0.1, 0.15) is 5.15 Å². The average Bonchev–Trinajstić information content (AvgIpc) is 3.12. The molecular formula is C18H21ClN4O2. The van der Waals surface area contributed by atoms with Crippen molar-refractivity contribution in [1.82, 2.24) is 20.6 Å². The molecule has 1 aliphatic heterocycles. The third kappa shape index (κ3) is 4.08. The summed E-state index contributed by atoms with van der Waals surface area (Å²) in [6.07, 6.45) is 1.74. The Bertz CT molecular complexity index is 738. The Morgan fingerprint density at radius 2 is 2.20 bits per heavy atom. The Balaban J connectivity index is 1.70. The molecule has 1 fully saturated rings. The van der Waals surface area contributed by atoms with Crippen molar-refractivity contribution in [1.29, 1.82) is 0 Å². The van der Waals surface area contributed by atoms with Crippen LogP contribution < -0.4 is 15.4 Å². The molecule has 0 unspecified atom stereocenters. The zero-order chi connectivity index (χ0) is 17.8. The number of nitrogens with one attached hydrogen (secondary N) is 2. The molecule has 2 aromatic heterocycles. The molecule has 0 radical (unpaired) electrons. The number of amides is 1. The van der Waals surface area contributed by atoms with Crippen LogP contribution in [0.15, 0.2) is 36.5 Å². The van der Waals surface area contributed by atoms with E-state index in [1.165, 1.54) is 0 Å². The van der Waals surface area contributed by atoms with Gasteiger partial charge in [0.25, 0.3) is 0 Å². The second-order valence-corrected chi connectivity index (χ2v) is 6.51. The molecule has 7 heteroatoms. The highest BCUT2D eigenvalue weighted by molar-refractivity contribution is 6.29. The minimum Gasteiger partial charge on any atom is -0.481 e. The van der Waals surface area contributed by atoms with E-state index < -0.39 is 0 Å². The SMILES string of the molecule is COc1cccc([C@H](C)NC(=O)[C@@H]2CNC[C@H]2c2ccc(Cl)nc2)n1. The van der Waals surface area contributed by atoms with Gasteiger partial charge in [-0.25, -0.2) is 9.97 Å². The average molecular weight is 361 g/mol. The molecule has 3 heterocycles. The lowest BCUT2D eigenvalue weighted by Crippen LogP contribution is -2.36. The quantitative estimate of drug-likeness (QED) is 0.800. The van der Waals surface area contributed by atoms with Gasteiger partial charge in [-0.15, -0.1) is 0 Å². The van der Waals surface area contributed by atoms with Crippen molar-refractivity contribution in [2.24, 2.45) is 5.92 Å². The van der Waals surface area contributed by atoms with Crippen LogP contribution >= 0.6 is 11.6 Å². The highest BCUT2D eigenvalue weighted by Gasteiger charge is 2.34. The third-order valence-electron chi connectivity index (χ3n) is 4.49. The highest BCUT2D eigenvalue weighted by Crippen LogP contribution is 2.29. The first-order valence-electron chi connectivity index (χ1n) is 8.22. The van der Waals surface area contributed by atoms with Crippen molar-refractivity contribution in [3.8, 4) is 5.88 Å². The first-order chi connectivity index (χ1) is 12.1. The molecule has 2 N–H and O–H groups in total. The standard InChI is InChI=1S/C18H21ClN4O2/c1-11(15-4-3-5-17(23-15)25-2)22-18(24)14-10-20-9-13(14)12-6-7-16(19)21-8-12/h3-8,11,13-14,20H,9-10H2,1-2H3,(H,22,24)/t11-,13-,14+/m0/s1. The highest BCUT2D eigenvalue weighted by atomic mass is 35.5. The van der Waals surface area contributed by atoms with Crippen LogP contribution in [-0.2, 0) is 4.79 Å². The Morgan fingerprint density at radius 3 is 2.92 bits per heavy atom. The van der Waals surface area contributed by atoms with Crippen LogP contribution in [0.4, 0.5) is 0 Å². The Kier molecular flexibility index (Phi) is 5.50. The smallest absolute Gasteiger partial charge is 0.225 e. The van der Waals surface area contributed by atoms with Crippen molar-refractivity contribution in [3.05, 3.63) is 52.9 Å². The number of hydrogen-bond acceptors (Lipinski definition) is 5. The van der Waals surface area contributed by atoms with Gasteiger partial charge in [-0.2, -0.15) is 0 Å². The van der Waals surface area contributed by atoms with Gasteiger partial charge in [-0.05, 0) is 24.6 Å². The summed E-state index contributed by atoms with van der Waals surface area (Å²) in [6.45, 7) is 3.30. The second kappa shape index (κ2) is 7.80. The number of methoxy groups -OCH3 is 1. The minimum atomic E-state index is -0.202. The molecule has 132 valence electrons. The molecule has 0 aromatic carbocycles. The number of carbonyl (C=O) groups excluding carboxylic acids is 1. The van der Waals surface area contributed by atoms with Gasteiger partial charge in [0, 0.05) is 31.3 Å². The van der Waals surface area contributed by atoms with Crippen LogP contribution in [0.5, 0.6) is 5.88 Å². The molecule has 1 aliphatic rings. The van der Waals surface area contributed by atoms with E-state index in [0.29, 0.717) is 17.6 Å². The monoisotopic (exact) mass is 360 g/mol. The van der Waals surface area contributed by atoms with Crippen molar-refractivity contribution in [2.75, 3.05) is 20.2 Å². The van der Waals surface area contributed by atoms with Crippen molar-refractivity contribution >= 4 is 17.5 Å². The first-order valence-corrected chi connectivity index (χ1v) is 8.59. The number of halogens is 1. The molecule has 2 aromatic rings. The maximum absolute atomic E-state index is 12.8. The fourth-order valence-electron chi connectivity index (χ4n) is 3.09. The van der Waals surface area contributed by atoms with Crippen molar-refractivity contribution in [2.45, 2.75) is 18.9 Å². The van der Waals surface area contributed by atoms with Crippen LogP contribution in [0.25, 0.3) is 0 Å². The van der Waals surface area contributed by atoms with Gasteiger partial charge >= 0.3 is 0 Å². The van der Waals surface area contributed by atoms with Gasteiger partial charge in [0.15, 0.2) is 0 Å². The number of rotatable bonds is 5. The van der Waals surface area contributed by atoms with Gasteiger partial charge in [0.2, 0.25) is 11.8 Å². The molecule has 1 saturated heterocycles. The summed E-state index contributed by atoms with van der Waals surface area (Å²) in [7, 11) is 1.57. The number of nitrogens with zero attached hydrogens (tertiary/aromatic N) is 2. The summed E-state index contributed by atoms with van der Waals surface area (Å²) in [4.78, 5) is 21.3. The Morgan fingerprint density at radius 1 is 1.36 bits per heavy atom. The zero-order valence-electron chi connectivity index (χ0n) is 14.2. The van der Waals surface area contributed by atoms with Crippen LogP contribution in [0, 0.1) is 5.92 Å². The van der Waals surface area contributed by atoms with Crippen LogP contribution in [0.1, 0.15) is 30.1 Å². The molecule has 0 aliphatic carbocycles. The topological polar surface area (TPSA) is 76.1 Å². The van der Waals surface area contributed by atoms with Gasteiger partial charge in [-0.3, -0.25) is 4.79 Å². The minimum absolute atomic E-state index is 0.00192. The van der Waals surface area contributed by atoms with E-state index >= 15 is 0 Å². The maximum atomic E-state index is 12.8. The summed E-state index contributed by atoms with van der Waals surface area (Å²) in [5.41, 5.74) is 1.78. The van der Waals surface area contributed by atoms with E-state index in [9.17, 15) is 4.79 Å². The summed E-state index contributed by atoms with van der Waals surface area (Å²) >= 11 is 5.86. The van der Waals surface area contributed by atoms with E-state index in [2.05, 4.69) is 20.6 Å². The van der Waals surface area contributed by atoms with Crippen molar-refractivity contribution < 1.29 is 9.53 Å². The van der Waals surface area contributed by atoms with E-state index in [1.807, 2.05) is 25.1 Å². The van der Waals surface area contributed by atoms with Gasteiger partial charge < -0.3 is 15.4 Å². The number of aromatic nitrogens is 2. The molecule has 1 amide bonds. The second-order valence-electron chi connectivity index (χ2n) is 6.12. The number of hydrogen-bond donors (Lipinski definition) is 2. The predicted octanol–water partition coefficient (Wildman–Crippen LogP) is 2.32. The van der Waals surface area contributed by atoms with Crippen molar-refractivity contribution in [3.63, 3.8) is 0 Å². The molecular weight excluding hydrogens is 340 g/mol. The van der Waals surface area contributed by atoms with E-state index in [0.717, 1.165) is 17.8 Å². The summed E-state index contributed by atoms with van der Waals surface area (Å²) < 4.78 is 5.14. The molecule has 0 saturated carbocycles. The summed E-state index contributed by atoms with van der Waals surface area (Å²) in [5.74, 6) is 0.458. The molecule has 0 bridgehead atoms. The van der Waals surface area contributed by atoms with Gasteiger partial charge in [0.05, 0.1) is 24.8 Å². The van der Waals surface area contributed by atoms with E-state index in [-0.39, 0.29) is 23.8 Å². The lowest BCUT2D eigenvalue weighted by atomic mass is 9.89. The van der Waals surface area contributed by atoms with E-state index in [1.54, 1.807) is 25.4 Å². The zero-order valence-corrected chi connectivity index (χ0v) is 15.0. The molecule has 0 spiro atoms. The van der Waals surface area contributed by atoms with Crippen LogP contribution in [-0.4, -0.2) is 36.1 Å². The van der Waals surface area contributed by atoms with Gasteiger partial charge in [-0.1, -0.05) is 23.7 Å². The largest absolute Gasteiger partial charge is 0.481 e. The molecule has 3 rings (SSSR count). The number of carbonyl (C=O) groups is 1. The lowest BCUT2D eigenvalue weighted by molar-refractivity contribution is -0.125. The normalized spacial score (nSPS) is 20.9. The number of ether oxygens (including phenoxy) is 1. The first kappa shape index (κ1) is 17.6. The fraction of sp³-hybridized carbons (Fsp3) is 0.389. The van der Waals surface area contributed by atoms with Crippen LogP contribution in [0.3, 0.4) is 0 Å². The predicted molar refractivity (Wildman–Crippen MR) is 95.7 cm³/mol. The molecule has 3 atom stereocenters. The summed E-state index contributed by atoms with van der Waals surface area (Å²) in [5, 5.41) is 6.80. The van der Waals surface area contributed by atoms with Crippen LogP contribution in [0.2, 0.25) is 5.15 Å². The molecule has 6 nitrogen and oxygen atoms in total. The Labute approximate surface area is 152 Å². The maximum Gasteiger partial charge on any atom is 0.225 e.